The molecule has 1 rings (SSSR count). The highest BCUT2D eigenvalue weighted by atomic mass is 16.6. The molecule has 1 atom stereocenters. The van der Waals surface area contributed by atoms with E-state index >= 15 is 0 Å². The number of ether oxygens (including phenoxy) is 3. The second-order valence-corrected chi connectivity index (χ2v) is 12.4. The second-order valence-electron chi connectivity index (χ2n) is 12.4. The van der Waals surface area contributed by atoms with E-state index in [1.807, 2.05) is 62.3 Å². The van der Waals surface area contributed by atoms with Gasteiger partial charge in [-0.25, -0.2) is 0 Å². The number of rotatable bonds is 14. The van der Waals surface area contributed by atoms with Gasteiger partial charge in [0.05, 0.1) is 5.92 Å². The van der Waals surface area contributed by atoms with Crippen LogP contribution < -0.4 is 16.0 Å². The third-order valence-electron chi connectivity index (χ3n) is 4.53. The van der Waals surface area contributed by atoms with Gasteiger partial charge in [-0.1, -0.05) is 6.92 Å². The Balaban J connectivity index is 2.78. The van der Waals surface area contributed by atoms with Crippen LogP contribution in [0.1, 0.15) is 94.9 Å². The van der Waals surface area contributed by atoms with Crippen LogP contribution in [0.25, 0.3) is 0 Å². The first kappa shape index (κ1) is 33.8. The molecule has 0 spiro atoms. The number of aromatic nitrogens is 3. The first-order valence-electron chi connectivity index (χ1n) is 13.5. The maximum absolute atomic E-state index is 12.3. The van der Waals surface area contributed by atoms with Crippen LogP contribution in [0.5, 0.6) is 0 Å². The highest BCUT2D eigenvalue weighted by Gasteiger charge is 2.22. The van der Waals surface area contributed by atoms with Gasteiger partial charge in [0.1, 0.15) is 16.8 Å². The van der Waals surface area contributed by atoms with E-state index in [1.165, 1.54) is 0 Å². The van der Waals surface area contributed by atoms with E-state index in [2.05, 4.69) is 30.9 Å². The summed E-state index contributed by atoms with van der Waals surface area (Å²) in [5, 5.41) is 9.28. The minimum atomic E-state index is -0.578. The molecule has 12 heteroatoms. The van der Waals surface area contributed by atoms with Crippen LogP contribution in [0.15, 0.2) is 0 Å². The molecule has 1 heterocycles. The number of carbonyl (C=O) groups excluding carboxylic acids is 3. The molecule has 0 fully saturated rings. The molecule has 222 valence electrons. The molecule has 3 N–H and O–H groups in total. The van der Waals surface area contributed by atoms with Crippen molar-refractivity contribution in [1.29, 1.82) is 0 Å². The van der Waals surface area contributed by atoms with Gasteiger partial charge in [-0.05, 0) is 75.2 Å². The number of carbonyl (C=O) groups is 3. The van der Waals surface area contributed by atoms with Crippen molar-refractivity contribution in [2.24, 2.45) is 5.92 Å². The van der Waals surface area contributed by atoms with Crippen LogP contribution in [0.3, 0.4) is 0 Å². The SMILES string of the molecule is CC(CNc1nc(NCCCC(=O)OC(C)(C)C)nc(NCCCC(=O)OC(C)(C)C)n1)C(=O)OC(C)(C)C. The average molecular weight is 553 g/mol. The monoisotopic (exact) mass is 552 g/mol. The molecular weight excluding hydrogens is 504 g/mol. The average Bonchev–Trinajstić information content (AvgIpc) is 2.74. The number of anilines is 3. The van der Waals surface area contributed by atoms with Crippen LogP contribution in [0.2, 0.25) is 0 Å². The zero-order valence-electron chi connectivity index (χ0n) is 25.3. The summed E-state index contributed by atoms with van der Waals surface area (Å²) < 4.78 is 16.1. The lowest BCUT2D eigenvalue weighted by Gasteiger charge is -2.22. The van der Waals surface area contributed by atoms with Crippen LogP contribution in [0, 0.1) is 5.92 Å². The summed E-state index contributed by atoms with van der Waals surface area (Å²) in [4.78, 5) is 49.4. The standard InChI is InChI=1S/C27H48N6O6/c1-18(21(36)39-27(8,9)10)17-30-24-32-22(28-15-11-13-19(34)37-25(2,3)4)31-23(33-24)29-16-12-14-20(35)38-26(5,6)7/h18H,11-17H2,1-10H3,(H3,28,29,30,31,32,33). The van der Waals surface area contributed by atoms with E-state index in [-0.39, 0.29) is 43.2 Å². The second kappa shape index (κ2) is 14.8. The van der Waals surface area contributed by atoms with Crippen LogP contribution in [0.4, 0.5) is 17.8 Å². The van der Waals surface area contributed by atoms with Crippen molar-refractivity contribution in [2.75, 3.05) is 35.6 Å². The predicted molar refractivity (Wildman–Crippen MR) is 150 cm³/mol. The number of esters is 3. The highest BCUT2D eigenvalue weighted by molar-refractivity contribution is 5.73. The van der Waals surface area contributed by atoms with Crippen molar-refractivity contribution in [3.8, 4) is 0 Å². The smallest absolute Gasteiger partial charge is 0.310 e. The van der Waals surface area contributed by atoms with Crippen molar-refractivity contribution in [2.45, 2.75) is 112 Å². The van der Waals surface area contributed by atoms with Gasteiger partial charge in [-0.15, -0.1) is 0 Å². The van der Waals surface area contributed by atoms with Gasteiger partial charge in [0, 0.05) is 32.5 Å². The van der Waals surface area contributed by atoms with Crippen molar-refractivity contribution < 1.29 is 28.6 Å². The Bertz CT molecular complexity index is 895. The Kier molecular flexibility index (Phi) is 12.9. The first-order chi connectivity index (χ1) is 17.8. The molecule has 0 amide bonds. The molecule has 0 aliphatic rings. The van der Waals surface area contributed by atoms with Crippen molar-refractivity contribution >= 4 is 35.8 Å². The Morgan fingerprint density at radius 2 is 1.00 bits per heavy atom. The fourth-order valence-electron chi connectivity index (χ4n) is 2.99. The number of nitrogens with one attached hydrogen (secondary N) is 3. The van der Waals surface area contributed by atoms with Crippen molar-refractivity contribution in [3.63, 3.8) is 0 Å². The lowest BCUT2D eigenvalue weighted by molar-refractivity contribution is -0.159. The molecule has 12 nitrogen and oxygen atoms in total. The number of nitrogens with zero attached hydrogens (tertiary/aromatic N) is 3. The quantitative estimate of drug-likeness (QED) is 0.171. The molecule has 0 saturated carbocycles. The van der Waals surface area contributed by atoms with Crippen molar-refractivity contribution in [3.05, 3.63) is 0 Å². The van der Waals surface area contributed by atoms with Gasteiger partial charge in [0.2, 0.25) is 17.8 Å². The molecule has 39 heavy (non-hydrogen) atoms. The Hall–Kier alpha value is -3.18. The van der Waals surface area contributed by atoms with E-state index in [0.29, 0.717) is 37.8 Å². The summed E-state index contributed by atoms with van der Waals surface area (Å²) in [6.07, 6.45) is 1.56. The Labute approximate surface area is 232 Å². The van der Waals surface area contributed by atoms with E-state index in [1.54, 1.807) is 6.92 Å². The zero-order valence-corrected chi connectivity index (χ0v) is 25.3. The summed E-state index contributed by atoms with van der Waals surface area (Å²) in [6, 6.07) is 0. The fourth-order valence-corrected chi connectivity index (χ4v) is 2.99. The number of hydrogen-bond acceptors (Lipinski definition) is 12. The lowest BCUT2D eigenvalue weighted by Crippen LogP contribution is -2.31. The van der Waals surface area contributed by atoms with Crippen LogP contribution in [-0.4, -0.2) is 69.3 Å². The predicted octanol–water partition coefficient (Wildman–Crippen LogP) is 4.33. The first-order valence-corrected chi connectivity index (χ1v) is 13.5. The molecule has 0 aromatic carbocycles. The van der Waals surface area contributed by atoms with Gasteiger partial charge in [0.25, 0.3) is 0 Å². The summed E-state index contributed by atoms with van der Waals surface area (Å²) in [6.45, 7) is 19.3. The van der Waals surface area contributed by atoms with Crippen LogP contribution in [-0.2, 0) is 28.6 Å². The molecule has 0 aliphatic carbocycles. The van der Waals surface area contributed by atoms with E-state index < -0.39 is 22.7 Å². The molecule has 1 unspecified atom stereocenters. The number of hydrogen-bond donors (Lipinski definition) is 3. The van der Waals surface area contributed by atoms with Gasteiger partial charge < -0.3 is 30.2 Å². The van der Waals surface area contributed by atoms with Gasteiger partial charge in [-0.2, -0.15) is 15.0 Å². The third-order valence-corrected chi connectivity index (χ3v) is 4.53. The Morgan fingerprint density at radius 3 is 1.36 bits per heavy atom. The molecule has 0 saturated heterocycles. The fraction of sp³-hybridized carbons (Fsp3) is 0.778. The van der Waals surface area contributed by atoms with E-state index in [4.69, 9.17) is 14.2 Å². The third kappa shape index (κ3) is 17.1. The molecule has 0 bridgehead atoms. The Morgan fingerprint density at radius 1 is 0.641 bits per heavy atom. The van der Waals surface area contributed by atoms with Crippen LogP contribution >= 0.6 is 0 Å². The summed E-state index contributed by atoms with van der Waals surface area (Å²) in [5.41, 5.74) is -1.63. The molecule has 0 radical (unpaired) electrons. The molecule has 1 aromatic heterocycles. The minimum absolute atomic E-state index is 0.254. The van der Waals surface area contributed by atoms with Gasteiger partial charge >= 0.3 is 17.9 Å². The maximum Gasteiger partial charge on any atom is 0.310 e. The van der Waals surface area contributed by atoms with Crippen molar-refractivity contribution in [1.82, 2.24) is 15.0 Å². The lowest BCUT2D eigenvalue weighted by atomic mass is 10.1. The topological polar surface area (TPSA) is 154 Å². The largest absolute Gasteiger partial charge is 0.460 e. The van der Waals surface area contributed by atoms with E-state index in [0.717, 1.165) is 0 Å². The maximum atomic E-state index is 12.3. The van der Waals surface area contributed by atoms with E-state index in [9.17, 15) is 14.4 Å². The summed E-state index contributed by atoms with van der Waals surface area (Å²) >= 11 is 0. The summed E-state index contributed by atoms with van der Waals surface area (Å²) in [7, 11) is 0. The normalized spacial score (nSPS) is 12.8. The van der Waals surface area contributed by atoms with Gasteiger partial charge in [-0.3, -0.25) is 14.4 Å². The van der Waals surface area contributed by atoms with Gasteiger partial charge in [0.15, 0.2) is 0 Å². The molecule has 0 aliphatic heterocycles. The highest BCUT2D eigenvalue weighted by Crippen LogP contribution is 2.15. The zero-order chi connectivity index (χ0) is 29.9. The summed E-state index contributed by atoms with van der Waals surface area (Å²) in [5.74, 6) is -0.435. The minimum Gasteiger partial charge on any atom is -0.460 e. The molecule has 1 aromatic rings. The molecular formula is C27H48N6O6.